The molecule has 0 heterocycles. The van der Waals surface area contributed by atoms with Crippen LogP contribution in [0.3, 0.4) is 0 Å². The number of fused-ring (bicyclic) bond motifs is 7. The third-order valence-electron chi connectivity index (χ3n) is 12.2. The molecule has 0 nitrogen and oxygen atoms in total. The quantitative estimate of drug-likeness (QED) is 0.161. The first-order valence-corrected chi connectivity index (χ1v) is 19.3. The minimum Gasteiger partial charge on any atom is -0.0622 e. The monoisotopic (exact) mass is 698 g/mol. The van der Waals surface area contributed by atoms with Gasteiger partial charge >= 0.3 is 0 Å². The maximum Gasteiger partial charge on any atom is 0.0158 e. The zero-order chi connectivity index (χ0) is 36.7. The van der Waals surface area contributed by atoms with Gasteiger partial charge in [0.25, 0.3) is 0 Å². The highest BCUT2D eigenvalue weighted by molar-refractivity contribution is 6.22. The second kappa shape index (κ2) is 12.1. The van der Waals surface area contributed by atoms with Crippen molar-refractivity contribution in [1.82, 2.24) is 0 Å². The van der Waals surface area contributed by atoms with Gasteiger partial charge in [0.1, 0.15) is 0 Å². The maximum atomic E-state index is 2.47. The number of hydrogen-bond acceptors (Lipinski definition) is 0. The van der Waals surface area contributed by atoms with Gasteiger partial charge in [0.05, 0.1) is 0 Å². The predicted octanol–water partition coefficient (Wildman–Crippen LogP) is 15.3. The highest BCUT2D eigenvalue weighted by atomic mass is 14.4. The van der Waals surface area contributed by atoms with Crippen LogP contribution in [0.15, 0.2) is 194 Å². The van der Waals surface area contributed by atoms with Crippen LogP contribution in [0.1, 0.15) is 25.0 Å². The van der Waals surface area contributed by atoms with E-state index in [0.29, 0.717) is 0 Å². The van der Waals surface area contributed by atoms with Crippen LogP contribution in [-0.2, 0) is 5.41 Å². The van der Waals surface area contributed by atoms with Gasteiger partial charge in [-0.25, -0.2) is 0 Å². The van der Waals surface area contributed by atoms with Crippen LogP contribution in [0.4, 0.5) is 0 Å². The molecule has 0 unspecified atom stereocenters. The highest BCUT2D eigenvalue weighted by Gasteiger charge is 2.35. The summed E-state index contributed by atoms with van der Waals surface area (Å²) in [7, 11) is 0. The Morgan fingerprint density at radius 1 is 0.273 bits per heavy atom. The lowest BCUT2D eigenvalue weighted by molar-refractivity contribution is 0.660. The summed E-state index contributed by atoms with van der Waals surface area (Å²) in [6.07, 6.45) is 0. The van der Waals surface area contributed by atoms with E-state index in [9.17, 15) is 0 Å². The first-order chi connectivity index (χ1) is 27.0. The third kappa shape index (κ3) is 4.99. The van der Waals surface area contributed by atoms with Gasteiger partial charge in [-0.05, 0) is 140 Å². The van der Waals surface area contributed by atoms with Crippen molar-refractivity contribution in [3.05, 3.63) is 205 Å². The molecule has 0 saturated heterocycles. The molecule has 1 aliphatic rings. The van der Waals surface area contributed by atoms with Crippen molar-refractivity contribution in [1.29, 1.82) is 0 Å². The van der Waals surface area contributed by atoms with E-state index in [4.69, 9.17) is 0 Å². The SMILES string of the molecule is CC1(C)c2ccccc2-c2cc(-c3c4ccccc4c(-c4ccc5cc(-c6ccccc6)ccc5c4)c4ccc(-c5ccc6ccccc6c5)cc34)ccc21. The molecule has 0 atom stereocenters. The Labute approximate surface area is 322 Å². The van der Waals surface area contributed by atoms with Crippen LogP contribution in [0.5, 0.6) is 0 Å². The van der Waals surface area contributed by atoms with Crippen LogP contribution < -0.4 is 0 Å². The molecule has 258 valence electrons. The Hall–Kier alpha value is -6.76. The lowest BCUT2D eigenvalue weighted by atomic mass is 9.81. The molecular formula is C55H38. The first-order valence-electron chi connectivity index (χ1n) is 19.3. The minimum atomic E-state index is -0.0420. The Balaban J connectivity index is 1.18. The van der Waals surface area contributed by atoms with Crippen LogP contribution in [0, 0.1) is 0 Å². The fourth-order valence-corrected chi connectivity index (χ4v) is 9.44. The van der Waals surface area contributed by atoms with Crippen molar-refractivity contribution in [2.75, 3.05) is 0 Å². The van der Waals surface area contributed by atoms with Gasteiger partial charge < -0.3 is 0 Å². The minimum absolute atomic E-state index is 0.0420. The van der Waals surface area contributed by atoms with Crippen molar-refractivity contribution >= 4 is 43.1 Å². The van der Waals surface area contributed by atoms with Crippen LogP contribution in [0.25, 0.3) is 98.7 Å². The Morgan fingerprint density at radius 2 is 0.745 bits per heavy atom. The summed E-state index contributed by atoms with van der Waals surface area (Å²) in [5, 5.41) is 10.1. The summed E-state index contributed by atoms with van der Waals surface area (Å²) >= 11 is 0. The highest BCUT2D eigenvalue weighted by Crippen LogP contribution is 2.51. The van der Waals surface area contributed by atoms with Gasteiger partial charge in [-0.15, -0.1) is 0 Å². The van der Waals surface area contributed by atoms with Gasteiger partial charge in [0.15, 0.2) is 0 Å². The Bertz CT molecular complexity index is 3160. The number of benzene rings is 10. The fourth-order valence-electron chi connectivity index (χ4n) is 9.44. The van der Waals surface area contributed by atoms with Crippen LogP contribution in [-0.4, -0.2) is 0 Å². The second-order valence-corrected chi connectivity index (χ2v) is 15.7. The summed E-state index contributed by atoms with van der Waals surface area (Å²) in [4.78, 5) is 0. The predicted molar refractivity (Wildman–Crippen MR) is 236 cm³/mol. The number of hydrogen-bond donors (Lipinski definition) is 0. The normalized spacial score (nSPS) is 13.1. The van der Waals surface area contributed by atoms with Gasteiger partial charge in [-0.2, -0.15) is 0 Å². The van der Waals surface area contributed by atoms with E-state index in [-0.39, 0.29) is 5.41 Å². The summed E-state index contributed by atoms with van der Waals surface area (Å²) in [6.45, 7) is 4.72. The first kappa shape index (κ1) is 31.7. The van der Waals surface area contributed by atoms with Crippen LogP contribution >= 0.6 is 0 Å². The van der Waals surface area contributed by atoms with Crippen molar-refractivity contribution in [2.24, 2.45) is 0 Å². The van der Waals surface area contributed by atoms with E-state index in [1.807, 2.05) is 0 Å². The zero-order valence-corrected chi connectivity index (χ0v) is 31.0. The lowest BCUT2D eigenvalue weighted by Gasteiger charge is -2.22. The molecule has 0 heteroatoms. The van der Waals surface area contributed by atoms with Gasteiger partial charge in [-0.1, -0.05) is 178 Å². The van der Waals surface area contributed by atoms with E-state index >= 15 is 0 Å². The molecule has 0 aliphatic heterocycles. The molecule has 10 aromatic carbocycles. The molecule has 0 saturated carbocycles. The second-order valence-electron chi connectivity index (χ2n) is 15.7. The standard InChI is InChI=1S/C55H38/c1-55(2)51-19-11-10-16-45(51)49-34-44(27-29-52(49)55)54-47-18-9-8-17-46(47)53(43-25-24-39-31-38(22-23-41(39)32-43)35-12-4-3-5-13-35)48-28-26-42(33-50(48)54)40-21-20-36-14-6-7-15-37(36)30-40/h3-34H,1-2H3. The Kier molecular flexibility index (Phi) is 7.00. The molecule has 0 bridgehead atoms. The van der Waals surface area contributed by atoms with Crippen molar-refractivity contribution in [2.45, 2.75) is 19.3 Å². The molecule has 0 amide bonds. The van der Waals surface area contributed by atoms with Crippen molar-refractivity contribution in [3.63, 3.8) is 0 Å². The summed E-state index contributed by atoms with van der Waals surface area (Å²) in [5.74, 6) is 0. The molecule has 0 aromatic heterocycles. The molecule has 55 heavy (non-hydrogen) atoms. The molecule has 0 radical (unpaired) electrons. The average Bonchev–Trinajstić information content (AvgIpc) is 3.47. The molecular weight excluding hydrogens is 661 g/mol. The summed E-state index contributed by atoms with van der Waals surface area (Å²) in [5.41, 5.74) is 15.4. The molecule has 10 aromatic rings. The summed E-state index contributed by atoms with van der Waals surface area (Å²) < 4.78 is 0. The molecule has 11 rings (SSSR count). The van der Waals surface area contributed by atoms with E-state index in [1.54, 1.807) is 0 Å². The van der Waals surface area contributed by atoms with Gasteiger partial charge in [-0.3, -0.25) is 0 Å². The lowest BCUT2D eigenvalue weighted by Crippen LogP contribution is -2.14. The number of rotatable bonds is 4. The third-order valence-corrected chi connectivity index (χ3v) is 12.2. The van der Waals surface area contributed by atoms with E-state index < -0.39 is 0 Å². The summed E-state index contributed by atoms with van der Waals surface area (Å²) in [6, 6.07) is 72.4. The van der Waals surface area contributed by atoms with E-state index in [0.717, 1.165) is 0 Å². The molecule has 0 spiro atoms. The largest absolute Gasteiger partial charge is 0.0622 e. The van der Waals surface area contributed by atoms with E-state index in [1.165, 1.54) is 110 Å². The van der Waals surface area contributed by atoms with Gasteiger partial charge in [0.2, 0.25) is 0 Å². The topological polar surface area (TPSA) is 0 Å². The van der Waals surface area contributed by atoms with Gasteiger partial charge in [0, 0.05) is 5.41 Å². The zero-order valence-electron chi connectivity index (χ0n) is 31.0. The van der Waals surface area contributed by atoms with E-state index in [2.05, 4.69) is 208 Å². The molecule has 0 N–H and O–H groups in total. The van der Waals surface area contributed by atoms with Crippen molar-refractivity contribution in [3.8, 4) is 55.6 Å². The average molecular weight is 699 g/mol. The van der Waals surface area contributed by atoms with Crippen LogP contribution in [0.2, 0.25) is 0 Å². The maximum absolute atomic E-state index is 2.47. The smallest absolute Gasteiger partial charge is 0.0158 e. The fraction of sp³-hybridized carbons (Fsp3) is 0.0545. The molecule has 1 aliphatic carbocycles. The van der Waals surface area contributed by atoms with Crippen molar-refractivity contribution < 1.29 is 0 Å². The Morgan fingerprint density at radius 3 is 1.53 bits per heavy atom. The molecule has 0 fully saturated rings.